The highest BCUT2D eigenvalue weighted by atomic mass is 16.5. The quantitative estimate of drug-likeness (QED) is 0.657. The SMILES string of the molecule is O=C(c1ccoc1)N1CCN(C(=O)c2nnn3c2COC(c2ccccc2)C3)CC1. The molecule has 5 rings (SSSR count). The zero-order valence-electron chi connectivity index (χ0n) is 16.3. The van der Waals surface area contributed by atoms with Crippen LogP contribution >= 0.6 is 0 Å². The number of carbonyl (C=O) groups is 2. The van der Waals surface area contributed by atoms with Gasteiger partial charge in [-0.25, -0.2) is 4.68 Å². The zero-order chi connectivity index (χ0) is 20.5. The topological polar surface area (TPSA) is 93.7 Å². The van der Waals surface area contributed by atoms with Crippen molar-refractivity contribution in [1.29, 1.82) is 0 Å². The Morgan fingerprint density at radius 3 is 2.40 bits per heavy atom. The van der Waals surface area contributed by atoms with Gasteiger partial charge >= 0.3 is 0 Å². The minimum absolute atomic E-state index is 0.0859. The molecule has 9 heteroatoms. The molecule has 2 amide bonds. The normalized spacial score (nSPS) is 18.9. The predicted octanol–water partition coefficient (Wildman–Crippen LogP) is 1.74. The van der Waals surface area contributed by atoms with Gasteiger partial charge in [0.25, 0.3) is 11.8 Å². The number of piperazine rings is 1. The van der Waals surface area contributed by atoms with E-state index in [0.717, 1.165) is 5.56 Å². The van der Waals surface area contributed by atoms with E-state index >= 15 is 0 Å². The molecule has 0 radical (unpaired) electrons. The van der Waals surface area contributed by atoms with Gasteiger partial charge in [0.05, 0.1) is 30.7 Å². The van der Waals surface area contributed by atoms with E-state index in [1.54, 1.807) is 20.5 Å². The molecule has 1 aromatic carbocycles. The van der Waals surface area contributed by atoms with E-state index in [2.05, 4.69) is 10.3 Å². The lowest BCUT2D eigenvalue weighted by molar-refractivity contribution is -0.00202. The summed E-state index contributed by atoms with van der Waals surface area (Å²) in [5.74, 6) is -0.259. The van der Waals surface area contributed by atoms with Gasteiger partial charge < -0.3 is 19.0 Å². The number of hydrogen-bond acceptors (Lipinski definition) is 6. The van der Waals surface area contributed by atoms with Crippen LogP contribution in [0.5, 0.6) is 0 Å². The highest BCUT2D eigenvalue weighted by Gasteiger charge is 2.32. The third-order valence-corrected chi connectivity index (χ3v) is 5.59. The van der Waals surface area contributed by atoms with E-state index in [1.807, 2.05) is 30.3 Å². The molecule has 154 valence electrons. The average molecular weight is 407 g/mol. The molecule has 0 aliphatic carbocycles. The first-order valence-corrected chi connectivity index (χ1v) is 9.90. The molecule has 9 nitrogen and oxygen atoms in total. The fourth-order valence-electron chi connectivity index (χ4n) is 3.88. The molecule has 2 aliphatic rings. The maximum absolute atomic E-state index is 13.0. The van der Waals surface area contributed by atoms with E-state index in [0.29, 0.717) is 49.7 Å². The molecule has 0 bridgehead atoms. The van der Waals surface area contributed by atoms with Crippen LogP contribution < -0.4 is 0 Å². The molecule has 1 fully saturated rings. The molecule has 0 spiro atoms. The Balaban J connectivity index is 1.24. The van der Waals surface area contributed by atoms with Crippen LogP contribution in [0.25, 0.3) is 0 Å². The number of nitrogens with zero attached hydrogens (tertiary/aromatic N) is 5. The van der Waals surface area contributed by atoms with Crippen LogP contribution in [0.3, 0.4) is 0 Å². The van der Waals surface area contributed by atoms with Crippen molar-refractivity contribution in [2.75, 3.05) is 26.2 Å². The molecule has 2 aliphatic heterocycles. The zero-order valence-corrected chi connectivity index (χ0v) is 16.3. The fraction of sp³-hybridized carbons (Fsp3) is 0.333. The number of furan rings is 1. The molecule has 1 saturated heterocycles. The van der Waals surface area contributed by atoms with Gasteiger partial charge in [0.2, 0.25) is 0 Å². The lowest BCUT2D eigenvalue weighted by Gasteiger charge is -2.34. The van der Waals surface area contributed by atoms with Crippen molar-refractivity contribution in [2.24, 2.45) is 0 Å². The Morgan fingerprint density at radius 2 is 1.70 bits per heavy atom. The lowest BCUT2D eigenvalue weighted by atomic mass is 10.1. The van der Waals surface area contributed by atoms with Gasteiger partial charge in [-0.3, -0.25) is 9.59 Å². The number of hydrogen-bond donors (Lipinski definition) is 0. The number of ether oxygens (including phenoxy) is 1. The third kappa shape index (κ3) is 3.37. The average Bonchev–Trinajstić information content (AvgIpc) is 3.49. The molecule has 3 aromatic rings. The lowest BCUT2D eigenvalue weighted by Crippen LogP contribution is -2.50. The summed E-state index contributed by atoms with van der Waals surface area (Å²) in [5, 5.41) is 8.33. The summed E-state index contributed by atoms with van der Waals surface area (Å²) in [6, 6.07) is 11.6. The van der Waals surface area contributed by atoms with Crippen LogP contribution in [0, 0.1) is 0 Å². The third-order valence-electron chi connectivity index (χ3n) is 5.59. The highest BCUT2D eigenvalue weighted by molar-refractivity contribution is 5.95. The molecule has 0 N–H and O–H groups in total. The Bertz CT molecular complexity index is 1040. The summed E-state index contributed by atoms with van der Waals surface area (Å²) in [5.41, 5.74) is 2.62. The maximum atomic E-state index is 13.0. The van der Waals surface area contributed by atoms with Crippen molar-refractivity contribution in [3.05, 3.63) is 71.4 Å². The standard InChI is InChI=1S/C21H21N5O4/c27-20(16-6-11-29-13-16)24-7-9-25(10-8-24)21(28)19-17-14-30-18(12-26(17)23-22-19)15-4-2-1-3-5-15/h1-6,11,13,18H,7-10,12,14H2. The molecule has 1 unspecified atom stereocenters. The van der Waals surface area contributed by atoms with Gasteiger partial charge in [-0.15, -0.1) is 5.10 Å². The Labute approximate surface area is 172 Å². The van der Waals surface area contributed by atoms with Crippen LogP contribution in [0.15, 0.2) is 53.3 Å². The molecular formula is C21H21N5O4. The van der Waals surface area contributed by atoms with Crippen LogP contribution in [0.2, 0.25) is 0 Å². The Hall–Kier alpha value is -3.46. The maximum Gasteiger partial charge on any atom is 0.276 e. The number of aromatic nitrogens is 3. The van der Waals surface area contributed by atoms with Crippen molar-refractivity contribution in [1.82, 2.24) is 24.8 Å². The van der Waals surface area contributed by atoms with Crippen molar-refractivity contribution < 1.29 is 18.7 Å². The van der Waals surface area contributed by atoms with Gasteiger partial charge in [0.15, 0.2) is 5.69 Å². The molecule has 2 aromatic heterocycles. The summed E-state index contributed by atoms with van der Waals surface area (Å²) in [7, 11) is 0. The molecule has 0 saturated carbocycles. The monoisotopic (exact) mass is 407 g/mol. The summed E-state index contributed by atoms with van der Waals surface area (Å²) in [6.07, 6.45) is 2.80. The van der Waals surface area contributed by atoms with E-state index in [1.165, 1.54) is 12.5 Å². The number of benzene rings is 1. The number of carbonyl (C=O) groups excluding carboxylic acids is 2. The molecule has 4 heterocycles. The Morgan fingerprint density at radius 1 is 0.967 bits per heavy atom. The first-order chi connectivity index (χ1) is 14.7. The van der Waals surface area contributed by atoms with Crippen molar-refractivity contribution in [3.63, 3.8) is 0 Å². The Kier molecular flexibility index (Phi) is 4.80. The summed E-state index contributed by atoms with van der Waals surface area (Å²) in [6.45, 7) is 2.63. The van der Waals surface area contributed by atoms with Crippen LogP contribution in [0.4, 0.5) is 0 Å². The van der Waals surface area contributed by atoms with Crippen LogP contribution in [-0.2, 0) is 17.9 Å². The molecular weight excluding hydrogens is 386 g/mol. The van der Waals surface area contributed by atoms with E-state index in [4.69, 9.17) is 9.15 Å². The van der Waals surface area contributed by atoms with Gasteiger partial charge in [0.1, 0.15) is 12.4 Å². The van der Waals surface area contributed by atoms with Crippen LogP contribution in [-0.4, -0.2) is 62.8 Å². The van der Waals surface area contributed by atoms with Crippen LogP contribution in [0.1, 0.15) is 38.2 Å². The van der Waals surface area contributed by atoms with E-state index in [-0.39, 0.29) is 24.5 Å². The summed E-state index contributed by atoms with van der Waals surface area (Å²) >= 11 is 0. The first-order valence-electron chi connectivity index (χ1n) is 9.90. The second-order valence-corrected chi connectivity index (χ2v) is 7.37. The highest BCUT2D eigenvalue weighted by Crippen LogP contribution is 2.27. The van der Waals surface area contributed by atoms with Gasteiger partial charge in [-0.05, 0) is 11.6 Å². The first kappa shape index (κ1) is 18.6. The number of amides is 2. The number of fused-ring (bicyclic) bond motifs is 1. The smallest absolute Gasteiger partial charge is 0.276 e. The van der Waals surface area contributed by atoms with Crippen molar-refractivity contribution >= 4 is 11.8 Å². The molecule has 30 heavy (non-hydrogen) atoms. The second kappa shape index (κ2) is 7.75. The van der Waals surface area contributed by atoms with Crippen molar-refractivity contribution in [2.45, 2.75) is 19.3 Å². The van der Waals surface area contributed by atoms with Crippen molar-refractivity contribution in [3.8, 4) is 0 Å². The largest absolute Gasteiger partial charge is 0.472 e. The van der Waals surface area contributed by atoms with E-state index < -0.39 is 0 Å². The van der Waals surface area contributed by atoms with Gasteiger partial charge in [-0.2, -0.15) is 0 Å². The minimum Gasteiger partial charge on any atom is -0.472 e. The molecule has 1 atom stereocenters. The minimum atomic E-state index is -0.173. The van der Waals surface area contributed by atoms with Gasteiger partial charge in [0, 0.05) is 26.2 Å². The summed E-state index contributed by atoms with van der Waals surface area (Å²) in [4.78, 5) is 28.9. The van der Waals surface area contributed by atoms with E-state index in [9.17, 15) is 9.59 Å². The fourth-order valence-corrected chi connectivity index (χ4v) is 3.88. The van der Waals surface area contributed by atoms with Gasteiger partial charge in [-0.1, -0.05) is 35.5 Å². The second-order valence-electron chi connectivity index (χ2n) is 7.37. The number of rotatable bonds is 3. The summed E-state index contributed by atoms with van der Waals surface area (Å²) < 4.78 is 12.7. The predicted molar refractivity (Wildman–Crippen MR) is 105 cm³/mol.